The first-order valence-corrected chi connectivity index (χ1v) is 9.74. The minimum atomic E-state index is -0.436. The van der Waals surface area contributed by atoms with Crippen molar-refractivity contribution in [2.45, 2.75) is 0 Å². The highest BCUT2D eigenvalue weighted by Gasteiger charge is 2.13. The number of amides is 2. The van der Waals surface area contributed by atoms with Gasteiger partial charge in [0.15, 0.2) is 11.7 Å². The zero-order chi connectivity index (χ0) is 21.3. The van der Waals surface area contributed by atoms with Crippen molar-refractivity contribution in [3.05, 3.63) is 89.4 Å². The summed E-state index contributed by atoms with van der Waals surface area (Å²) in [4.78, 5) is 24.7. The molecule has 3 rings (SSSR count). The van der Waals surface area contributed by atoms with E-state index in [0.717, 1.165) is 0 Å². The number of nitrogens with one attached hydrogen (secondary N) is 3. The van der Waals surface area contributed by atoms with Gasteiger partial charge in [0.1, 0.15) is 5.75 Å². The van der Waals surface area contributed by atoms with Crippen LogP contribution in [0.25, 0.3) is 0 Å². The second-order valence-electron chi connectivity index (χ2n) is 6.11. The number of ether oxygens (including phenoxy) is 1. The Hall–Kier alpha value is -3.42. The van der Waals surface area contributed by atoms with E-state index >= 15 is 0 Å². The Morgan fingerprint density at radius 2 is 1.53 bits per heavy atom. The van der Waals surface area contributed by atoms with Crippen LogP contribution in [-0.2, 0) is 4.79 Å². The molecule has 0 fully saturated rings. The molecular weight excluding hydrogens is 422 g/mol. The summed E-state index contributed by atoms with van der Waals surface area (Å²) in [5.41, 5.74) is 1.53. The summed E-state index contributed by atoms with van der Waals surface area (Å²) >= 11 is 11.0. The fourth-order valence-corrected chi connectivity index (χ4v) is 2.86. The van der Waals surface area contributed by atoms with Crippen molar-refractivity contribution in [2.24, 2.45) is 0 Å². The van der Waals surface area contributed by atoms with Crippen LogP contribution in [0.3, 0.4) is 0 Å². The van der Waals surface area contributed by atoms with Gasteiger partial charge in [-0.25, -0.2) is 0 Å². The quantitative estimate of drug-likeness (QED) is 0.493. The Balaban J connectivity index is 1.56. The molecule has 6 nitrogen and oxygen atoms in total. The van der Waals surface area contributed by atoms with E-state index in [9.17, 15) is 9.59 Å². The number of para-hydroxylation sites is 2. The molecule has 3 aromatic carbocycles. The van der Waals surface area contributed by atoms with Crippen molar-refractivity contribution in [2.75, 3.05) is 17.2 Å². The normalized spacial score (nSPS) is 10.0. The van der Waals surface area contributed by atoms with Crippen LogP contribution in [0.2, 0.25) is 5.02 Å². The number of anilines is 2. The highest BCUT2D eigenvalue weighted by atomic mass is 35.5. The average Bonchev–Trinajstić information content (AvgIpc) is 2.74. The van der Waals surface area contributed by atoms with Gasteiger partial charge in [0.25, 0.3) is 11.8 Å². The van der Waals surface area contributed by atoms with Gasteiger partial charge in [-0.1, -0.05) is 41.9 Å². The van der Waals surface area contributed by atoms with E-state index in [-0.39, 0.29) is 17.6 Å². The lowest BCUT2D eigenvalue weighted by Gasteiger charge is -2.14. The van der Waals surface area contributed by atoms with Gasteiger partial charge in [-0.2, -0.15) is 0 Å². The van der Waals surface area contributed by atoms with Crippen molar-refractivity contribution in [1.82, 2.24) is 5.32 Å². The Kier molecular flexibility index (Phi) is 7.37. The summed E-state index contributed by atoms with van der Waals surface area (Å²) in [7, 11) is 0. The molecule has 3 N–H and O–H groups in total. The number of rotatable bonds is 6. The van der Waals surface area contributed by atoms with E-state index in [1.165, 1.54) is 0 Å². The third kappa shape index (κ3) is 6.30. The smallest absolute Gasteiger partial charge is 0.264 e. The van der Waals surface area contributed by atoms with Crippen LogP contribution >= 0.6 is 23.8 Å². The fraction of sp³-hybridized carbons (Fsp3) is 0.0455. The second-order valence-corrected chi connectivity index (χ2v) is 6.96. The van der Waals surface area contributed by atoms with Gasteiger partial charge in [-0.15, -0.1) is 0 Å². The Labute approximate surface area is 184 Å². The van der Waals surface area contributed by atoms with Crippen LogP contribution in [0.1, 0.15) is 10.4 Å². The largest absolute Gasteiger partial charge is 0.484 e. The van der Waals surface area contributed by atoms with E-state index in [4.69, 9.17) is 28.6 Å². The number of benzene rings is 3. The van der Waals surface area contributed by atoms with Crippen molar-refractivity contribution in [3.63, 3.8) is 0 Å². The maximum Gasteiger partial charge on any atom is 0.264 e. The van der Waals surface area contributed by atoms with Crippen molar-refractivity contribution in [1.29, 1.82) is 0 Å². The zero-order valence-electron chi connectivity index (χ0n) is 15.7. The molecule has 2 amide bonds. The maximum atomic E-state index is 12.6. The summed E-state index contributed by atoms with van der Waals surface area (Å²) in [6, 6.07) is 22.6. The SMILES string of the molecule is O=C(COc1ccc(Cl)cc1)NC(=S)Nc1ccccc1C(=O)Nc1ccccc1. The molecule has 0 heterocycles. The molecule has 0 aliphatic heterocycles. The average molecular weight is 440 g/mol. The number of thiocarbonyl (C=S) groups is 1. The van der Waals surface area contributed by atoms with Crippen LogP contribution in [0.5, 0.6) is 5.75 Å². The molecule has 8 heteroatoms. The molecule has 30 heavy (non-hydrogen) atoms. The molecule has 3 aromatic rings. The van der Waals surface area contributed by atoms with Gasteiger partial charge >= 0.3 is 0 Å². The molecule has 0 saturated heterocycles. The van der Waals surface area contributed by atoms with Crippen molar-refractivity contribution < 1.29 is 14.3 Å². The van der Waals surface area contributed by atoms with Crippen molar-refractivity contribution in [3.8, 4) is 5.75 Å². The van der Waals surface area contributed by atoms with Crippen LogP contribution in [0.15, 0.2) is 78.9 Å². The maximum absolute atomic E-state index is 12.6. The lowest BCUT2D eigenvalue weighted by atomic mass is 10.1. The number of carbonyl (C=O) groups excluding carboxylic acids is 2. The standard InChI is InChI=1S/C22H18ClN3O3S/c23-15-10-12-17(13-11-15)29-14-20(27)26-22(30)25-19-9-5-4-8-18(19)21(28)24-16-6-2-1-3-7-16/h1-13H,14H2,(H,24,28)(H2,25,26,27,30). The minimum Gasteiger partial charge on any atom is -0.484 e. The molecule has 0 saturated carbocycles. The fourth-order valence-electron chi connectivity index (χ4n) is 2.51. The first kappa shape index (κ1) is 21.3. The van der Waals surface area contributed by atoms with Crippen molar-refractivity contribution >= 4 is 52.1 Å². The highest BCUT2D eigenvalue weighted by Crippen LogP contribution is 2.18. The predicted octanol–water partition coefficient (Wildman–Crippen LogP) is 4.48. The third-order valence-electron chi connectivity index (χ3n) is 3.89. The molecule has 152 valence electrons. The topological polar surface area (TPSA) is 79.5 Å². The molecule has 0 atom stereocenters. The predicted molar refractivity (Wildman–Crippen MR) is 122 cm³/mol. The van der Waals surface area contributed by atoms with Gasteiger partial charge in [-0.3, -0.25) is 14.9 Å². The monoisotopic (exact) mass is 439 g/mol. The molecule has 0 bridgehead atoms. The Morgan fingerprint density at radius 1 is 0.867 bits per heavy atom. The number of carbonyl (C=O) groups is 2. The van der Waals surface area contributed by atoms with Gasteiger partial charge < -0.3 is 15.4 Å². The summed E-state index contributed by atoms with van der Waals surface area (Å²) in [6.07, 6.45) is 0. The molecule has 0 aliphatic carbocycles. The zero-order valence-corrected chi connectivity index (χ0v) is 17.3. The molecule has 0 spiro atoms. The lowest BCUT2D eigenvalue weighted by molar-refractivity contribution is -0.121. The van der Waals surface area contributed by atoms with Gasteiger partial charge in [0.05, 0.1) is 11.3 Å². The van der Waals surface area contributed by atoms with Crippen LogP contribution in [-0.4, -0.2) is 23.5 Å². The third-order valence-corrected chi connectivity index (χ3v) is 4.34. The van der Waals surface area contributed by atoms with Gasteiger partial charge in [-0.05, 0) is 60.7 Å². The van der Waals surface area contributed by atoms with E-state index in [1.54, 1.807) is 60.7 Å². The molecule has 0 aliphatic rings. The van der Waals surface area contributed by atoms with Crippen LogP contribution in [0, 0.1) is 0 Å². The van der Waals surface area contributed by atoms with Gasteiger partial charge in [0, 0.05) is 10.7 Å². The van der Waals surface area contributed by atoms with E-state index in [1.807, 2.05) is 18.2 Å². The van der Waals surface area contributed by atoms with Gasteiger partial charge in [0.2, 0.25) is 0 Å². The number of halogens is 1. The van der Waals surface area contributed by atoms with E-state index in [2.05, 4.69) is 16.0 Å². The highest BCUT2D eigenvalue weighted by molar-refractivity contribution is 7.80. The molecule has 0 radical (unpaired) electrons. The van der Waals surface area contributed by atoms with E-state index < -0.39 is 5.91 Å². The summed E-state index contributed by atoms with van der Waals surface area (Å²) < 4.78 is 5.38. The summed E-state index contributed by atoms with van der Waals surface area (Å²) in [5.74, 6) is -0.227. The molecule has 0 aromatic heterocycles. The van der Waals surface area contributed by atoms with Crippen LogP contribution < -0.4 is 20.7 Å². The molecular formula is C22H18ClN3O3S. The molecule has 0 unspecified atom stereocenters. The summed E-state index contributed by atoms with van der Waals surface area (Å²) in [5, 5.41) is 8.85. The Morgan fingerprint density at radius 3 is 2.27 bits per heavy atom. The minimum absolute atomic E-state index is 0.0552. The number of hydrogen-bond donors (Lipinski definition) is 3. The van der Waals surface area contributed by atoms with E-state index in [0.29, 0.717) is 27.7 Å². The second kappa shape index (κ2) is 10.4. The summed E-state index contributed by atoms with van der Waals surface area (Å²) in [6.45, 7) is -0.223. The first-order valence-electron chi connectivity index (χ1n) is 8.96. The first-order chi connectivity index (χ1) is 14.5. The number of hydrogen-bond acceptors (Lipinski definition) is 4. The van der Waals surface area contributed by atoms with Crippen LogP contribution in [0.4, 0.5) is 11.4 Å². The Bertz CT molecular complexity index is 1040. The lowest BCUT2D eigenvalue weighted by Crippen LogP contribution is -2.37.